The van der Waals surface area contributed by atoms with E-state index in [-0.39, 0.29) is 23.1 Å². The molecule has 0 atom stereocenters. The Morgan fingerprint density at radius 3 is 2.29 bits per heavy atom. The Labute approximate surface area is 249 Å². The Hall–Kier alpha value is -3.99. The van der Waals surface area contributed by atoms with Crippen LogP contribution in [0.4, 0.5) is 0 Å². The number of ketones is 1. The fraction of sp³-hybridized carbons (Fsp3) is 0.378. The third-order valence-electron chi connectivity index (χ3n) is 8.32. The maximum Gasteiger partial charge on any atom is 0.251 e. The van der Waals surface area contributed by atoms with Gasteiger partial charge in [0.15, 0.2) is 5.78 Å². The molecule has 0 spiro atoms. The van der Waals surface area contributed by atoms with Crippen molar-refractivity contribution in [3.8, 4) is 16.9 Å². The lowest BCUT2D eigenvalue weighted by atomic mass is 9.85. The molecular weight excluding hydrogens is 520 g/mol. The van der Waals surface area contributed by atoms with E-state index in [2.05, 4.69) is 51.2 Å². The maximum absolute atomic E-state index is 13.6. The molecule has 3 aromatic carbocycles. The van der Waals surface area contributed by atoms with Crippen LogP contribution in [0.15, 0.2) is 72.9 Å². The summed E-state index contributed by atoms with van der Waals surface area (Å²) >= 11 is 0. The number of carbonyl (C=O) groups is 2. The summed E-state index contributed by atoms with van der Waals surface area (Å²) in [5.74, 6) is 1.51. The zero-order chi connectivity index (χ0) is 29.9. The van der Waals surface area contributed by atoms with Gasteiger partial charge in [0, 0.05) is 46.8 Å². The maximum atomic E-state index is 13.6. The number of ether oxygens (including phenoxy) is 1. The molecule has 42 heavy (non-hydrogen) atoms. The molecule has 5 rings (SSSR count). The first-order valence-corrected chi connectivity index (χ1v) is 15.1. The number of rotatable bonds is 8. The molecule has 0 unspecified atom stereocenters. The van der Waals surface area contributed by atoms with Crippen LogP contribution in [0.25, 0.3) is 22.0 Å². The quantitative estimate of drug-likeness (QED) is 0.219. The highest BCUT2D eigenvalue weighted by Crippen LogP contribution is 2.37. The van der Waals surface area contributed by atoms with Gasteiger partial charge >= 0.3 is 0 Å². The summed E-state index contributed by atoms with van der Waals surface area (Å²) < 4.78 is 5.81. The number of hydrogen-bond acceptors (Lipinski definition) is 4. The van der Waals surface area contributed by atoms with Gasteiger partial charge in [-0.3, -0.25) is 14.6 Å². The number of carbonyl (C=O) groups excluding carboxylic acids is 2. The van der Waals surface area contributed by atoms with Crippen molar-refractivity contribution in [2.24, 2.45) is 11.3 Å². The molecule has 0 bridgehead atoms. The SMILES string of the molecule is COc1cc2ncc(C(=O)CC(C)(C)C)c(Cc3ccccc3)c2cc1-c1ccc(C(=O)NC2CCC(C)CC2)cc1. The summed E-state index contributed by atoms with van der Waals surface area (Å²) in [6.45, 7) is 8.53. The lowest BCUT2D eigenvalue weighted by Crippen LogP contribution is -2.37. The van der Waals surface area contributed by atoms with Gasteiger partial charge in [-0.15, -0.1) is 0 Å². The molecule has 1 N–H and O–H groups in total. The average molecular weight is 563 g/mol. The van der Waals surface area contributed by atoms with Gasteiger partial charge in [0.2, 0.25) is 0 Å². The van der Waals surface area contributed by atoms with Gasteiger partial charge in [-0.2, -0.15) is 0 Å². The van der Waals surface area contributed by atoms with E-state index in [1.54, 1.807) is 13.3 Å². The van der Waals surface area contributed by atoms with Gasteiger partial charge in [-0.1, -0.05) is 70.2 Å². The number of nitrogens with zero attached hydrogens (tertiary/aromatic N) is 1. The van der Waals surface area contributed by atoms with E-state index in [0.29, 0.717) is 29.7 Å². The Morgan fingerprint density at radius 2 is 1.64 bits per heavy atom. The fourth-order valence-corrected chi connectivity index (χ4v) is 5.95. The average Bonchev–Trinajstić information content (AvgIpc) is 2.97. The zero-order valence-corrected chi connectivity index (χ0v) is 25.5. The molecule has 0 saturated heterocycles. The Morgan fingerprint density at radius 1 is 0.952 bits per heavy atom. The summed E-state index contributed by atoms with van der Waals surface area (Å²) in [6.07, 6.45) is 7.20. The fourth-order valence-electron chi connectivity index (χ4n) is 5.95. The van der Waals surface area contributed by atoms with Gasteiger partial charge < -0.3 is 10.1 Å². The van der Waals surface area contributed by atoms with E-state index in [0.717, 1.165) is 64.8 Å². The van der Waals surface area contributed by atoms with E-state index in [4.69, 9.17) is 9.72 Å². The third kappa shape index (κ3) is 6.89. The molecule has 0 radical (unpaired) electrons. The minimum atomic E-state index is -0.134. The predicted octanol–water partition coefficient (Wildman–Crippen LogP) is 8.43. The van der Waals surface area contributed by atoms with E-state index in [1.807, 2.05) is 48.5 Å². The minimum absolute atomic E-state index is 0.0251. The van der Waals surface area contributed by atoms with Crippen molar-refractivity contribution < 1.29 is 14.3 Å². The number of aromatic nitrogens is 1. The van der Waals surface area contributed by atoms with E-state index in [9.17, 15) is 9.59 Å². The van der Waals surface area contributed by atoms with E-state index < -0.39 is 0 Å². The molecule has 1 aliphatic rings. The smallest absolute Gasteiger partial charge is 0.251 e. The van der Waals surface area contributed by atoms with Crippen molar-refractivity contribution in [3.63, 3.8) is 0 Å². The molecule has 1 fully saturated rings. The first-order valence-electron chi connectivity index (χ1n) is 15.1. The number of nitrogens with one attached hydrogen (secondary N) is 1. The Bertz CT molecular complexity index is 1560. The number of fused-ring (bicyclic) bond motifs is 1. The second-order valence-corrected chi connectivity index (χ2v) is 13.1. The van der Waals surface area contributed by atoms with E-state index in [1.165, 1.54) is 0 Å². The molecule has 1 aromatic heterocycles. The molecule has 1 heterocycles. The van der Waals surface area contributed by atoms with Crippen LogP contribution < -0.4 is 10.1 Å². The molecule has 5 heteroatoms. The van der Waals surface area contributed by atoms with Gasteiger partial charge in [0.05, 0.1) is 12.6 Å². The Kier molecular flexibility index (Phi) is 8.77. The summed E-state index contributed by atoms with van der Waals surface area (Å²) in [6, 6.07) is 22.2. The summed E-state index contributed by atoms with van der Waals surface area (Å²) in [7, 11) is 1.66. The van der Waals surface area contributed by atoms with Gasteiger partial charge in [-0.25, -0.2) is 0 Å². The number of amides is 1. The second kappa shape index (κ2) is 12.5. The molecule has 5 nitrogen and oxygen atoms in total. The van der Waals surface area contributed by atoms with Crippen molar-refractivity contribution >= 4 is 22.6 Å². The first kappa shape index (κ1) is 29.5. The molecule has 1 aliphatic carbocycles. The van der Waals surface area contributed by atoms with Crippen LogP contribution in [0.5, 0.6) is 5.75 Å². The number of benzene rings is 3. The topological polar surface area (TPSA) is 68.3 Å². The number of methoxy groups -OCH3 is 1. The first-order chi connectivity index (χ1) is 20.1. The van der Waals surface area contributed by atoms with Crippen LogP contribution in [0.2, 0.25) is 0 Å². The second-order valence-electron chi connectivity index (χ2n) is 13.1. The van der Waals surface area contributed by atoms with Crippen LogP contribution in [-0.4, -0.2) is 29.8 Å². The highest BCUT2D eigenvalue weighted by molar-refractivity contribution is 6.03. The molecule has 218 valence electrons. The standard InChI is InChI=1S/C37H42N2O3/c1-24-11-17-28(18-12-24)39-36(41)27-15-13-26(14-16-27)29-20-31-30(19-25-9-7-6-8-10-25)32(34(40)22-37(2,3)4)23-38-33(31)21-35(29)42-5/h6-10,13-16,20-21,23-24,28H,11-12,17-19,22H2,1-5H3,(H,39,41). The lowest BCUT2D eigenvalue weighted by Gasteiger charge is -2.26. The largest absolute Gasteiger partial charge is 0.496 e. The van der Waals surface area contributed by atoms with Crippen LogP contribution in [0, 0.1) is 11.3 Å². The van der Waals surface area contributed by atoms with Gasteiger partial charge in [-0.05, 0) is 78.3 Å². The van der Waals surface area contributed by atoms with Crippen LogP contribution in [0.1, 0.15) is 91.6 Å². The normalized spacial score (nSPS) is 17.2. The summed E-state index contributed by atoms with van der Waals surface area (Å²) in [5.41, 5.74) is 5.91. The Balaban J connectivity index is 1.52. The number of Topliss-reactive ketones (excluding diaryl/α,β-unsaturated/α-hetero) is 1. The highest BCUT2D eigenvalue weighted by atomic mass is 16.5. The van der Waals surface area contributed by atoms with Crippen LogP contribution in [0.3, 0.4) is 0 Å². The van der Waals surface area contributed by atoms with Crippen molar-refractivity contribution in [2.75, 3.05) is 7.11 Å². The molecule has 1 saturated carbocycles. The zero-order valence-electron chi connectivity index (χ0n) is 25.5. The third-order valence-corrected chi connectivity index (χ3v) is 8.32. The molecule has 4 aromatic rings. The van der Waals surface area contributed by atoms with Crippen molar-refractivity contribution in [1.82, 2.24) is 10.3 Å². The van der Waals surface area contributed by atoms with Crippen molar-refractivity contribution in [2.45, 2.75) is 72.3 Å². The minimum Gasteiger partial charge on any atom is -0.496 e. The number of pyridine rings is 1. The van der Waals surface area contributed by atoms with Crippen molar-refractivity contribution in [3.05, 3.63) is 95.2 Å². The molecule has 0 aliphatic heterocycles. The lowest BCUT2D eigenvalue weighted by molar-refractivity contribution is 0.0919. The molecule has 1 amide bonds. The van der Waals surface area contributed by atoms with Crippen LogP contribution in [-0.2, 0) is 6.42 Å². The monoisotopic (exact) mass is 562 g/mol. The highest BCUT2D eigenvalue weighted by Gasteiger charge is 2.23. The van der Waals surface area contributed by atoms with Gasteiger partial charge in [0.25, 0.3) is 5.91 Å². The van der Waals surface area contributed by atoms with Gasteiger partial charge in [0.1, 0.15) is 5.75 Å². The van der Waals surface area contributed by atoms with Crippen LogP contribution >= 0.6 is 0 Å². The van der Waals surface area contributed by atoms with Crippen molar-refractivity contribution in [1.29, 1.82) is 0 Å². The summed E-state index contributed by atoms with van der Waals surface area (Å²) in [4.78, 5) is 31.3. The summed E-state index contributed by atoms with van der Waals surface area (Å²) in [5, 5.41) is 4.15. The predicted molar refractivity (Wildman–Crippen MR) is 170 cm³/mol. The van der Waals surface area contributed by atoms with E-state index >= 15 is 0 Å². The number of hydrogen-bond donors (Lipinski definition) is 1. The molecular formula is C37H42N2O3.